The molecule has 1 atom stereocenters. The fraction of sp³-hybridized carbons (Fsp3) is 0.312. The largest absolute Gasteiger partial charge is 0.472 e. The molecule has 8 heteroatoms. The van der Waals surface area contributed by atoms with Gasteiger partial charge < -0.3 is 9.64 Å². The highest BCUT2D eigenvalue weighted by molar-refractivity contribution is 5.92. The Labute approximate surface area is 136 Å². The SMILES string of the molecule is O=C(c1ccccn1)N1CC[C@H](Oc2cc(C(F)(F)F)ccn2)C1. The maximum absolute atomic E-state index is 12.7. The highest BCUT2D eigenvalue weighted by atomic mass is 19.4. The zero-order chi connectivity index (χ0) is 17.2. The summed E-state index contributed by atoms with van der Waals surface area (Å²) in [5.41, 5.74) is -0.484. The number of nitrogens with zero attached hydrogens (tertiary/aromatic N) is 3. The molecule has 0 saturated carbocycles. The molecule has 2 aromatic rings. The van der Waals surface area contributed by atoms with Gasteiger partial charge in [0, 0.05) is 31.4 Å². The molecule has 126 valence electrons. The summed E-state index contributed by atoms with van der Waals surface area (Å²) in [7, 11) is 0. The van der Waals surface area contributed by atoms with Gasteiger partial charge in [-0.2, -0.15) is 13.2 Å². The summed E-state index contributed by atoms with van der Waals surface area (Å²) < 4.78 is 43.6. The Morgan fingerprint density at radius 3 is 2.75 bits per heavy atom. The van der Waals surface area contributed by atoms with Crippen LogP contribution in [0.3, 0.4) is 0 Å². The standard InChI is InChI=1S/C16H14F3N3O2/c17-16(18,19)11-4-7-21-14(9-11)24-12-5-8-22(10-12)15(23)13-3-1-2-6-20-13/h1-4,6-7,9,12H,5,8,10H2/t12-/m0/s1. The van der Waals surface area contributed by atoms with Crippen molar-refractivity contribution in [2.45, 2.75) is 18.7 Å². The van der Waals surface area contributed by atoms with E-state index in [1.807, 2.05) is 0 Å². The number of pyridine rings is 2. The van der Waals surface area contributed by atoms with Crippen LogP contribution in [0.1, 0.15) is 22.5 Å². The Kier molecular flexibility index (Phi) is 4.37. The Bertz CT molecular complexity index is 722. The third-order valence-electron chi connectivity index (χ3n) is 3.67. The number of alkyl halides is 3. The summed E-state index contributed by atoms with van der Waals surface area (Å²) >= 11 is 0. The van der Waals surface area contributed by atoms with Crippen LogP contribution in [0.15, 0.2) is 42.7 Å². The van der Waals surface area contributed by atoms with Crippen LogP contribution in [-0.4, -0.2) is 40.0 Å². The third kappa shape index (κ3) is 3.64. The number of hydrogen-bond acceptors (Lipinski definition) is 4. The minimum atomic E-state index is -4.45. The van der Waals surface area contributed by atoms with Crippen molar-refractivity contribution >= 4 is 5.91 Å². The molecule has 0 spiro atoms. The van der Waals surface area contributed by atoms with Crippen molar-refractivity contribution < 1.29 is 22.7 Å². The summed E-state index contributed by atoms with van der Waals surface area (Å²) in [5.74, 6) is -0.319. The molecule has 0 unspecified atom stereocenters. The average molecular weight is 337 g/mol. The molecular formula is C16H14F3N3O2. The summed E-state index contributed by atoms with van der Waals surface area (Å²) in [6, 6.07) is 6.80. The van der Waals surface area contributed by atoms with E-state index in [0.29, 0.717) is 18.7 Å². The van der Waals surface area contributed by atoms with Gasteiger partial charge in [-0.05, 0) is 18.2 Å². The average Bonchev–Trinajstić information content (AvgIpc) is 3.03. The first-order valence-corrected chi connectivity index (χ1v) is 7.34. The van der Waals surface area contributed by atoms with E-state index in [-0.39, 0.29) is 18.3 Å². The number of halogens is 3. The first-order chi connectivity index (χ1) is 11.4. The van der Waals surface area contributed by atoms with Crippen molar-refractivity contribution in [1.29, 1.82) is 0 Å². The number of ether oxygens (including phenoxy) is 1. The molecular weight excluding hydrogens is 323 g/mol. The Morgan fingerprint density at radius 1 is 1.21 bits per heavy atom. The molecule has 0 N–H and O–H groups in total. The normalized spacial score (nSPS) is 17.8. The van der Waals surface area contributed by atoms with Gasteiger partial charge in [-0.1, -0.05) is 6.07 Å². The van der Waals surface area contributed by atoms with E-state index in [1.165, 1.54) is 6.20 Å². The van der Waals surface area contributed by atoms with Crippen LogP contribution >= 0.6 is 0 Å². The molecule has 2 aromatic heterocycles. The smallest absolute Gasteiger partial charge is 0.416 e. The van der Waals surface area contributed by atoms with E-state index in [4.69, 9.17) is 4.74 Å². The lowest BCUT2D eigenvalue weighted by molar-refractivity contribution is -0.137. The van der Waals surface area contributed by atoms with Crippen molar-refractivity contribution in [3.8, 4) is 5.88 Å². The van der Waals surface area contributed by atoms with Crippen LogP contribution in [0.4, 0.5) is 13.2 Å². The Hall–Kier alpha value is -2.64. The van der Waals surface area contributed by atoms with Crippen LogP contribution in [-0.2, 0) is 6.18 Å². The highest BCUT2D eigenvalue weighted by Crippen LogP contribution is 2.31. The third-order valence-corrected chi connectivity index (χ3v) is 3.67. The van der Waals surface area contributed by atoms with Gasteiger partial charge in [0.1, 0.15) is 11.8 Å². The van der Waals surface area contributed by atoms with Crippen molar-refractivity contribution in [3.63, 3.8) is 0 Å². The molecule has 3 heterocycles. The molecule has 0 aromatic carbocycles. The lowest BCUT2D eigenvalue weighted by Gasteiger charge is -2.17. The molecule has 1 aliphatic heterocycles. The molecule has 1 aliphatic rings. The maximum atomic E-state index is 12.7. The maximum Gasteiger partial charge on any atom is 0.416 e. The molecule has 1 fully saturated rings. The van der Waals surface area contributed by atoms with E-state index in [2.05, 4.69) is 9.97 Å². The number of carbonyl (C=O) groups excluding carboxylic acids is 1. The van der Waals surface area contributed by atoms with Gasteiger partial charge >= 0.3 is 6.18 Å². The second-order valence-corrected chi connectivity index (χ2v) is 5.38. The predicted octanol–water partition coefficient (Wildman–Crippen LogP) is 2.79. The lowest BCUT2D eigenvalue weighted by atomic mass is 10.2. The number of carbonyl (C=O) groups is 1. The van der Waals surface area contributed by atoms with Gasteiger partial charge in [0.2, 0.25) is 5.88 Å². The van der Waals surface area contributed by atoms with Gasteiger partial charge in [-0.3, -0.25) is 9.78 Å². The summed E-state index contributed by atoms with van der Waals surface area (Å²) in [5, 5.41) is 0. The Morgan fingerprint density at radius 2 is 2.04 bits per heavy atom. The molecule has 24 heavy (non-hydrogen) atoms. The molecule has 5 nitrogen and oxygen atoms in total. The number of hydrogen-bond donors (Lipinski definition) is 0. The van der Waals surface area contributed by atoms with Gasteiger partial charge in [0.15, 0.2) is 0 Å². The van der Waals surface area contributed by atoms with E-state index in [0.717, 1.165) is 18.3 Å². The molecule has 0 aliphatic carbocycles. The van der Waals surface area contributed by atoms with Crippen LogP contribution in [0.2, 0.25) is 0 Å². The van der Waals surface area contributed by atoms with E-state index in [9.17, 15) is 18.0 Å². The second-order valence-electron chi connectivity index (χ2n) is 5.38. The number of aromatic nitrogens is 2. The number of rotatable bonds is 3. The quantitative estimate of drug-likeness (QED) is 0.864. The zero-order valence-corrected chi connectivity index (χ0v) is 12.5. The van der Waals surface area contributed by atoms with Gasteiger partial charge in [0.05, 0.1) is 12.1 Å². The lowest BCUT2D eigenvalue weighted by Crippen LogP contribution is -2.31. The van der Waals surface area contributed by atoms with Gasteiger partial charge in [0.25, 0.3) is 5.91 Å². The van der Waals surface area contributed by atoms with Crippen LogP contribution in [0.25, 0.3) is 0 Å². The second kappa shape index (κ2) is 6.46. The van der Waals surface area contributed by atoms with Gasteiger partial charge in [-0.15, -0.1) is 0 Å². The molecule has 3 rings (SSSR count). The Balaban J connectivity index is 1.64. The summed E-state index contributed by atoms with van der Waals surface area (Å²) in [4.78, 5) is 21.7. The van der Waals surface area contributed by atoms with Gasteiger partial charge in [-0.25, -0.2) is 4.98 Å². The molecule has 1 saturated heterocycles. The minimum absolute atomic E-state index is 0.0954. The number of amides is 1. The first kappa shape index (κ1) is 16.2. The van der Waals surface area contributed by atoms with Crippen molar-refractivity contribution in [2.75, 3.05) is 13.1 Å². The van der Waals surface area contributed by atoms with E-state index < -0.39 is 17.8 Å². The van der Waals surface area contributed by atoms with Crippen molar-refractivity contribution in [1.82, 2.24) is 14.9 Å². The van der Waals surface area contributed by atoms with Crippen LogP contribution in [0.5, 0.6) is 5.88 Å². The predicted molar refractivity (Wildman–Crippen MR) is 78.4 cm³/mol. The first-order valence-electron chi connectivity index (χ1n) is 7.34. The monoisotopic (exact) mass is 337 g/mol. The number of likely N-dealkylation sites (tertiary alicyclic amines) is 1. The van der Waals surface area contributed by atoms with Crippen LogP contribution < -0.4 is 4.74 Å². The molecule has 0 bridgehead atoms. The van der Waals surface area contributed by atoms with Crippen LogP contribution in [0, 0.1) is 0 Å². The fourth-order valence-electron chi connectivity index (χ4n) is 2.48. The fourth-order valence-corrected chi connectivity index (χ4v) is 2.48. The van der Waals surface area contributed by atoms with E-state index >= 15 is 0 Å². The zero-order valence-electron chi connectivity index (χ0n) is 12.5. The van der Waals surface area contributed by atoms with E-state index in [1.54, 1.807) is 23.1 Å². The minimum Gasteiger partial charge on any atom is -0.472 e. The van der Waals surface area contributed by atoms with Crippen molar-refractivity contribution in [2.24, 2.45) is 0 Å². The molecule has 0 radical (unpaired) electrons. The highest BCUT2D eigenvalue weighted by Gasteiger charge is 2.32. The topological polar surface area (TPSA) is 55.3 Å². The summed E-state index contributed by atoms with van der Waals surface area (Å²) in [6.07, 6.45) is -1.73. The molecule has 1 amide bonds. The van der Waals surface area contributed by atoms with Crippen molar-refractivity contribution in [3.05, 3.63) is 54.0 Å². The summed E-state index contributed by atoms with van der Waals surface area (Å²) in [6.45, 7) is 0.742.